The van der Waals surface area contributed by atoms with E-state index in [9.17, 15) is 5.11 Å². The third kappa shape index (κ3) is 0.906. The topological polar surface area (TPSA) is 46.0 Å². The van der Waals surface area contributed by atoms with Gasteiger partial charge in [-0.15, -0.1) is 0 Å². The third-order valence-corrected chi connectivity index (χ3v) is 1.84. The fourth-order valence-electron chi connectivity index (χ4n) is 1.20. The number of rotatable bonds is 0. The zero-order chi connectivity index (χ0) is 8.55. The van der Waals surface area contributed by atoms with Crippen LogP contribution in [-0.2, 0) is 0 Å². The van der Waals surface area contributed by atoms with Crippen molar-refractivity contribution in [3.63, 3.8) is 0 Å². The average molecular weight is 160 g/mol. The first-order chi connectivity index (χ1) is 5.79. The van der Waals surface area contributed by atoms with Crippen LogP contribution in [0.3, 0.4) is 0 Å². The first kappa shape index (κ1) is 7.03. The Morgan fingerprint density at radius 1 is 1.25 bits per heavy atom. The molecule has 2 rings (SSSR count). The number of benzene rings is 1. The summed E-state index contributed by atoms with van der Waals surface area (Å²) in [6.45, 7) is 1.89. The van der Waals surface area contributed by atoms with Crippen molar-refractivity contribution in [1.82, 2.24) is 9.97 Å². The van der Waals surface area contributed by atoms with Crippen LogP contribution in [0.1, 0.15) is 5.69 Å². The van der Waals surface area contributed by atoms with Gasteiger partial charge >= 0.3 is 0 Å². The molecule has 1 N–H and O–H groups in total. The van der Waals surface area contributed by atoms with Gasteiger partial charge in [-0.25, -0.2) is 9.97 Å². The molecule has 0 atom stereocenters. The van der Waals surface area contributed by atoms with Crippen LogP contribution in [0.25, 0.3) is 10.9 Å². The molecule has 12 heavy (non-hydrogen) atoms. The number of hydrogen-bond acceptors (Lipinski definition) is 3. The number of phenols is 1. The maximum atomic E-state index is 9.41. The van der Waals surface area contributed by atoms with E-state index < -0.39 is 0 Å². The molecular weight excluding hydrogens is 152 g/mol. The van der Waals surface area contributed by atoms with E-state index in [-0.39, 0.29) is 5.75 Å². The molecule has 60 valence electrons. The lowest BCUT2D eigenvalue weighted by Gasteiger charge is -2.00. The molecule has 2 aromatic rings. The van der Waals surface area contributed by atoms with Crippen LogP contribution in [0.4, 0.5) is 0 Å². The number of aromatic nitrogens is 2. The minimum Gasteiger partial charge on any atom is -0.506 e. The third-order valence-electron chi connectivity index (χ3n) is 1.84. The molecule has 0 fully saturated rings. The van der Waals surface area contributed by atoms with Crippen LogP contribution in [0.5, 0.6) is 5.75 Å². The van der Waals surface area contributed by atoms with Gasteiger partial charge in [0.15, 0.2) is 0 Å². The predicted molar refractivity (Wildman–Crippen MR) is 45.9 cm³/mol. The fraction of sp³-hybridized carbons (Fsp3) is 0.111. The highest BCUT2D eigenvalue weighted by molar-refractivity contribution is 5.85. The van der Waals surface area contributed by atoms with Gasteiger partial charge in [0.2, 0.25) is 0 Å². The SMILES string of the molecule is Cc1ncnc2c(O)cccc12. The quantitative estimate of drug-likeness (QED) is 0.637. The largest absolute Gasteiger partial charge is 0.506 e. The first-order valence-electron chi connectivity index (χ1n) is 3.68. The van der Waals surface area contributed by atoms with Gasteiger partial charge in [0, 0.05) is 11.1 Å². The Morgan fingerprint density at radius 2 is 2.08 bits per heavy atom. The second-order valence-electron chi connectivity index (χ2n) is 2.63. The maximum Gasteiger partial charge on any atom is 0.141 e. The Morgan fingerprint density at radius 3 is 2.83 bits per heavy atom. The Balaban J connectivity index is 2.94. The van der Waals surface area contributed by atoms with E-state index in [0.29, 0.717) is 5.52 Å². The van der Waals surface area contributed by atoms with Crippen LogP contribution in [-0.4, -0.2) is 15.1 Å². The number of hydrogen-bond donors (Lipinski definition) is 1. The van der Waals surface area contributed by atoms with E-state index >= 15 is 0 Å². The van der Waals surface area contributed by atoms with Crippen LogP contribution in [0, 0.1) is 6.92 Å². The lowest BCUT2D eigenvalue weighted by atomic mass is 10.2. The monoisotopic (exact) mass is 160 g/mol. The number of aryl methyl sites for hydroxylation is 1. The molecular formula is C9H8N2O. The Kier molecular flexibility index (Phi) is 1.43. The zero-order valence-electron chi connectivity index (χ0n) is 6.65. The minimum atomic E-state index is 0.206. The van der Waals surface area contributed by atoms with Crippen molar-refractivity contribution in [2.24, 2.45) is 0 Å². The summed E-state index contributed by atoms with van der Waals surface area (Å²) in [5.74, 6) is 0.206. The number of aromatic hydroxyl groups is 1. The first-order valence-corrected chi connectivity index (χ1v) is 3.68. The smallest absolute Gasteiger partial charge is 0.141 e. The van der Waals surface area contributed by atoms with Gasteiger partial charge in [0.25, 0.3) is 0 Å². The molecule has 1 aromatic heterocycles. The van der Waals surface area contributed by atoms with Crippen LogP contribution >= 0.6 is 0 Å². The second kappa shape index (κ2) is 2.44. The predicted octanol–water partition coefficient (Wildman–Crippen LogP) is 1.64. The summed E-state index contributed by atoms with van der Waals surface area (Å²) in [5, 5.41) is 10.3. The molecule has 3 heteroatoms. The lowest BCUT2D eigenvalue weighted by Crippen LogP contribution is -1.86. The van der Waals surface area contributed by atoms with Crippen molar-refractivity contribution in [3.8, 4) is 5.75 Å². The van der Waals surface area contributed by atoms with Gasteiger partial charge in [0.1, 0.15) is 17.6 Å². The highest BCUT2D eigenvalue weighted by atomic mass is 16.3. The molecule has 0 saturated carbocycles. The van der Waals surface area contributed by atoms with Crippen LogP contribution in [0.15, 0.2) is 24.5 Å². The summed E-state index contributed by atoms with van der Waals surface area (Å²) in [4.78, 5) is 8.01. The molecule has 0 unspecified atom stereocenters. The van der Waals surface area contributed by atoms with E-state index in [1.807, 2.05) is 13.0 Å². The maximum absolute atomic E-state index is 9.41. The molecule has 0 aliphatic heterocycles. The van der Waals surface area contributed by atoms with Crippen molar-refractivity contribution < 1.29 is 5.11 Å². The Labute approximate surface area is 69.7 Å². The number of para-hydroxylation sites is 1. The molecule has 0 aliphatic carbocycles. The van der Waals surface area contributed by atoms with E-state index in [0.717, 1.165) is 11.1 Å². The van der Waals surface area contributed by atoms with Crippen molar-refractivity contribution >= 4 is 10.9 Å². The van der Waals surface area contributed by atoms with Gasteiger partial charge in [-0.2, -0.15) is 0 Å². The van der Waals surface area contributed by atoms with Crippen molar-refractivity contribution in [2.75, 3.05) is 0 Å². The molecule has 1 aromatic carbocycles. The summed E-state index contributed by atoms with van der Waals surface area (Å²) in [7, 11) is 0. The van der Waals surface area contributed by atoms with Crippen molar-refractivity contribution in [1.29, 1.82) is 0 Å². The van der Waals surface area contributed by atoms with Gasteiger partial charge < -0.3 is 5.11 Å². The van der Waals surface area contributed by atoms with Gasteiger partial charge in [-0.05, 0) is 13.0 Å². The van der Waals surface area contributed by atoms with E-state index in [1.165, 1.54) is 6.33 Å². The highest BCUT2D eigenvalue weighted by Crippen LogP contribution is 2.22. The number of fused-ring (bicyclic) bond motifs is 1. The molecule has 0 amide bonds. The minimum absolute atomic E-state index is 0.206. The summed E-state index contributed by atoms with van der Waals surface area (Å²) < 4.78 is 0. The molecule has 0 saturated heterocycles. The summed E-state index contributed by atoms with van der Waals surface area (Å²) in [6.07, 6.45) is 1.46. The average Bonchev–Trinajstić information content (AvgIpc) is 2.07. The number of phenolic OH excluding ortho intramolecular Hbond substituents is 1. The van der Waals surface area contributed by atoms with Crippen molar-refractivity contribution in [3.05, 3.63) is 30.2 Å². The van der Waals surface area contributed by atoms with E-state index in [2.05, 4.69) is 9.97 Å². The highest BCUT2D eigenvalue weighted by Gasteiger charge is 2.01. The molecule has 0 radical (unpaired) electrons. The number of nitrogens with zero attached hydrogens (tertiary/aromatic N) is 2. The second-order valence-corrected chi connectivity index (χ2v) is 2.63. The summed E-state index contributed by atoms with van der Waals surface area (Å²) >= 11 is 0. The Hall–Kier alpha value is -1.64. The fourth-order valence-corrected chi connectivity index (χ4v) is 1.20. The van der Waals surface area contributed by atoms with Gasteiger partial charge in [0.05, 0.1) is 0 Å². The Bertz CT molecular complexity index is 385. The standard InChI is InChI=1S/C9H8N2O/c1-6-7-3-2-4-8(12)9(7)11-5-10-6/h2-5,12H,1H3. The normalized spacial score (nSPS) is 10.4. The molecule has 0 aliphatic rings. The molecule has 0 spiro atoms. The van der Waals surface area contributed by atoms with E-state index in [4.69, 9.17) is 0 Å². The lowest BCUT2D eigenvalue weighted by molar-refractivity contribution is 0.480. The molecule has 1 heterocycles. The van der Waals surface area contributed by atoms with Crippen LogP contribution < -0.4 is 0 Å². The molecule has 3 nitrogen and oxygen atoms in total. The zero-order valence-corrected chi connectivity index (χ0v) is 6.65. The summed E-state index contributed by atoms with van der Waals surface area (Å²) in [5.41, 5.74) is 1.50. The summed E-state index contributed by atoms with van der Waals surface area (Å²) in [6, 6.07) is 5.30. The van der Waals surface area contributed by atoms with Gasteiger partial charge in [-0.3, -0.25) is 0 Å². The van der Waals surface area contributed by atoms with Gasteiger partial charge in [-0.1, -0.05) is 12.1 Å². The van der Waals surface area contributed by atoms with Crippen LogP contribution in [0.2, 0.25) is 0 Å². The van der Waals surface area contributed by atoms with E-state index in [1.54, 1.807) is 12.1 Å². The van der Waals surface area contributed by atoms with Crippen molar-refractivity contribution in [2.45, 2.75) is 6.92 Å². The molecule has 0 bridgehead atoms.